The van der Waals surface area contributed by atoms with Gasteiger partial charge in [-0.2, -0.15) is 0 Å². The Morgan fingerprint density at radius 3 is 2.95 bits per heavy atom. The van der Waals surface area contributed by atoms with Crippen LogP contribution in [0.5, 0.6) is 0 Å². The second-order valence-electron chi connectivity index (χ2n) is 5.15. The lowest BCUT2D eigenvalue weighted by molar-refractivity contribution is -0.131. The van der Waals surface area contributed by atoms with Crippen molar-refractivity contribution in [3.8, 4) is 0 Å². The van der Waals surface area contributed by atoms with E-state index >= 15 is 0 Å². The Labute approximate surface area is 130 Å². The van der Waals surface area contributed by atoms with Crippen LogP contribution in [0.3, 0.4) is 0 Å². The van der Waals surface area contributed by atoms with Crippen LogP contribution in [-0.2, 0) is 25.6 Å². The molecule has 1 heterocycles. The monoisotopic (exact) mass is 309 g/mol. The number of hydrogen-bond acceptors (Lipinski definition) is 5. The summed E-state index contributed by atoms with van der Waals surface area (Å²) in [5, 5.41) is 11.7. The van der Waals surface area contributed by atoms with Crippen molar-refractivity contribution in [2.75, 3.05) is 33.0 Å². The van der Waals surface area contributed by atoms with Crippen molar-refractivity contribution >= 4 is 5.91 Å². The number of rotatable bonds is 8. The molecule has 2 rings (SSSR count). The van der Waals surface area contributed by atoms with E-state index in [2.05, 4.69) is 5.32 Å². The summed E-state index contributed by atoms with van der Waals surface area (Å²) in [6.45, 7) is 1.64. The highest BCUT2D eigenvalue weighted by Crippen LogP contribution is 2.11. The van der Waals surface area contributed by atoms with Gasteiger partial charge in [0.05, 0.1) is 32.5 Å². The minimum absolute atomic E-state index is 0.0129. The Balaban J connectivity index is 1.70. The molecule has 1 fully saturated rings. The highest BCUT2D eigenvalue weighted by atomic mass is 16.5. The summed E-state index contributed by atoms with van der Waals surface area (Å²) >= 11 is 0. The first-order valence-electron chi connectivity index (χ1n) is 7.51. The molecular formula is C16H23NO5. The van der Waals surface area contributed by atoms with Crippen LogP contribution < -0.4 is 5.32 Å². The van der Waals surface area contributed by atoms with Gasteiger partial charge < -0.3 is 24.6 Å². The van der Waals surface area contributed by atoms with E-state index in [0.717, 1.165) is 5.56 Å². The fourth-order valence-corrected chi connectivity index (χ4v) is 2.33. The summed E-state index contributed by atoms with van der Waals surface area (Å²) in [5.41, 5.74) is 1.03. The Morgan fingerprint density at radius 2 is 2.18 bits per heavy atom. The van der Waals surface area contributed by atoms with Crippen LogP contribution in [-0.4, -0.2) is 56.2 Å². The first kappa shape index (κ1) is 16.9. The summed E-state index contributed by atoms with van der Waals surface area (Å²) in [4.78, 5) is 11.9. The van der Waals surface area contributed by atoms with Crippen molar-refractivity contribution in [1.29, 1.82) is 0 Å². The minimum atomic E-state index is -0.223. The van der Waals surface area contributed by atoms with E-state index in [1.807, 2.05) is 30.3 Å². The van der Waals surface area contributed by atoms with Gasteiger partial charge in [-0.1, -0.05) is 30.3 Å². The zero-order valence-electron chi connectivity index (χ0n) is 12.6. The van der Waals surface area contributed by atoms with Crippen LogP contribution in [0.15, 0.2) is 30.3 Å². The van der Waals surface area contributed by atoms with Crippen LogP contribution in [0.2, 0.25) is 0 Å². The third-order valence-electron chi connectivity index (χ3n) is 3.42. The molecule has 1 aromatic rings. The molecule has 2 unspecified atom stereocenters. The number of ether oxygens (including phenoxy) is 3. The molecule has 0 bridgehead atoms. The summed E-state index contributed by atoms with van der Waals surface area (Å²) < 4.78 is 16.2. The molecular weight excluding hydrogens is 286 g/mol. The highest BCUT2D eigenvalue weighted by molar-refractivity contribution is 5.77. The Bertz CT molecular complexity index is 439. The van der Waals surface area contributed by atoms with Crippen molar-refractivity contribution in [3.05, 3.63) is 35.9 Å². The number of benzene rings is 1. The predicted octanol–water partition coefficient (Wildman–Crippen LogP) is 0.486. The first-order chi connectivity index (χ1) is 10.8. The van der Waals surface area contributed by atoms with Gasteiger partial charge >= 0.3 is 0 Å². The average molecular weight is 309 g/mol. The van der Waals surface area contributed by atoms with Gasteiger partial charge in [-0.05, 0) is 12.0 Å². The molecule has 22 heavy (non-hydrogen) atoms. The van der Waals surface area contributed by atoms with E-state index in [1.54, 1.807) is 0 Å². The van der Waals surface area contributed by atoms with E-state index in [0.29, 0.717) is 26.2 Å². The number of carbonyl (C=O) groups is 1. The lowest BCUT2D eigenvalue weighted by Gasteiger charge is -2.31. The molecule has 122 valence electrons. The summed E-state index contributed by atoms with van der Waals surface area (Å²) in [7, 11) is 0. The highest BCUT2D eigenvalue weighted by Gasteiger charge is 2.27. The maximum atomic E-state index is 11.9. The van der Waals surface area contributed by atoms with Gasteiger partial charge in [0, 0.05) is 6.61 Å². The maximum Gasteiger partial charge on any atom is 0.246 e. The quantitative estimate of drug-likeness (QED) is 0.731. The normalized spacial score (nSPS) is 21.5. The van der Waals surface area contributed by atoms with E-state index in [9.17, 15) is 4.79 Å². The van der Waals surface area contributed by atoms with E-state index in [-0.39, 0.29) is 37.9 Å². The number of amides is 1. The average Bonchev–Trinajstić information content (AvgIpc) is 2.55. The molecule has 0 radical (unpaired) electrons. The first-order valence-corrected chi connectivity index (χ1v) is 7.51. The number of aliphatic hydroxyl groups is 1. The van der Waals surface area contributed by atoms with Gasteiger partial charge in [-0.15, -0.1) is 0 Å². The lowest BCUT2D eigenvalue weighted by atomic mass is 10.1. The SMILES string of the molecule is O=C(COCc1ccccc1)NC1CCOCC1OCCO. The van der Waals surface area contributed by atoms with Gasteiger partial charge in [-0.25, -0.2) is 0 Å². The molecule has 2 N–H and O–H groups in total. The third-order valence-corrected chi connectivity index (χ3v) is 3.42. The fraction of sp³-hybridized carbons (Fsp3) is 0.562. The van der Waals surface area contributed by atoms with Gasteiger partial charge in [0.15, 0.2) is 0 Å². The van der Waals surface area contributed by atoms with Crippen molar-refractivity contribution in [1.82, 2.24) is 5.32 Å². The molecule has 1 aliphatic heterocycles. The smallest absolute Gasteiger partial charge is 0.246 e. The van der Waals surface area contributed by atoms with Crippen molar-refractivity contribution in [2.45, 2.75) is 25.2 Å². The molecule has 0 spiro atoms. The molecule has 2 atom stereocenters. The van der Waals surface area contributed by atoms with Crippen LogP contribution in [0.25, 0.3) is 0 Å². The van der Waals surface area contributed by atoms with E-state index in [1.165, 1.54) is 0 Å². The van der Waals surface area contributed by atoms with E-state index < -0.39 is 0 Å². The van der Waals surface area contributed by atoms with Crippen molar-refractivity contribution in [3.63, 3.8) is 0 Å². The Morgan fingerprint density at radius 1 is 1.36 bits per heavy atom. The predicted molar refractivity (Wildman–Crippen MR) is 80.3 cm³/mol. The summed E-state index contributed by atoms with van der Waals surface area (Å²) in [5.74, 6) is -0.166. The summed E-state index contributed by atoms with van der Waals surface area (Å²) in [6, 6.07) is 9.61. The fourth-order valence-electron chi connectivity index (χ4n) is 2.33. The van der Waals surface area contributed by atoms with Gasteiger partial charge in [0.1, 0.15) is 12.7 Å². The number of nitrogens with one attached hydrogen (secondary N) is 1. The topological polar surface area (TPSA) is 77.0 Å². The largest absolute Gasteiger partial charge is 0.394 e. The molecule has 1 amide bonds. The maximum absolute atomic E-state index is 11.9. The van der Waals surface area contributed by atoms with E-state index in [4.69, 9.17) is 19.3 Å². The molecule has 0 aliphatic carbocycles. The molecule has 6 nitrogen and oxygen atoms in total. The Hall–Kier alpha value is -1.47. The number of hydrogen-bond donors (Lipinski definition) is 2. The number of carbonyl (C=O) groups excluding carboxylic acids is 1. The standard InChI is InChI=1S/C16H23NO5/c18-7-9-22-15-11-20-8-6-14(15)17-16(19)12-21-10-13-4-2-1-3-5-13/h1-5,14-15,18H,6-12H2,(H,17,19). The van der Waals surface area contributed by atoms with Gasteiger partial charge in [0.25, 0.3) is 0 Å². The zero-order chi connectivity index (χ0) is 15.6. The molecule has 0 saturated carbocycles. The lowest BCUT2D eigenvalue weighted by Crippen LogP contribution is -2.51. The van der Waals surface area contributed by atoms with Crippen LogP contribution in [0.1, 0.15) is 12.0 Å². The second-order valence-corrected chi connectivity index (χ2v) is 5.15. The van der Waals surface area contributed by atoms with Crippen LogP contribution >= 0.6 is 0 Å². The molecule has 1 aliphatic rings. The second kappa shape index (κ2) is 9.53. The van der Waals surface area contributed by atoms with Gasteiger partial charge in [0.2, 0.25) is 5.91 Å². The number of aliphatic hydroxyl groups excluding tert-OH is 1. The molecule has 6 heteroatoms. The van der Waals surface area contributed by atoms with Crippen LogP contribution in [0.4, 0.5) is 0 Å². The van der Waals surface area contributed by atoms with Crippen molar-refractivity contribution in [2.24, 2.45) is 0 Å². The van der Waals surface area contributed by atoms with Crippen LogP contribution in [0, 0.1) is 0 Å². The molecule has 0 aromatic heterocycles. The Kier molecular flexibility index (Phi) is 7.32. The summed E-state index contributed by atoms with van der Waals surface area (Å²) in [6.07, 6.45) is 0.472. The minimum Gasteiger partial charge on any atom is -0.394 e. The van der Waals surface area contributed by atoms with Gasteiger partial charge in [-0.3, -0.25) is 4.79 Å². The van der Waals surface area contributed by atoms with Crippen molar-refractivity contribution < 1.29 is 24.1 Å². The molecule has 1 aromatic carbocycles. The third kappa shape index (κ3) is 5.73. The molecule has 1 saturated heterocycles. The zero-order valence-corrected chi connectivity index (χ0v) is 12.6.